The summed E-state index contributed by atoms with van der Waals surface area (Å²) in [7, 11) is 0. The van der Waals surface area contributed by atoms with Crippen LogP contribution in [0.1, 0.15) is 30.9 Å². The summed E-state index contributed by atoms with van der Waals surface area (Å²) < 4.78 is 12.8. The lowest BCUT2D eigenvalue weighted by molar-refractivity contribution is -0.0833. The monoisotopic (exact) mass is 297 g/mol. The first kappa shape index (κ1) is 11.5. The van der Waals surface area contributed by atoms with Gasteiger partial charge in [-0.2, -0.15) is 0 Å². The number of fused-ring (bicyclic) bond motifs is 1. The highest BCUT2D eigenvalue weighted by Crippen LogP contribution is 2.42. The number of ether oxygens (including phenoxy) is 2. The van der Waals surface area contributed by atoms with Crippen LogP contribution in [0.3, 0.4) is 0 Å². The highest BCUT2D eigenvalue weighted by Gasteiger charge is 2.41. The zero-order valence-electron chi connectivity index (χ0n) is 9.62. The van der Waals surface area contributed by atoms with Gasteiger partial charge in [-0.1, -0.05) is 22.0 Å². The average molecular weight is 298 g/mol. The van der Waals surface area contributed by atoms with E-state index in [9.17, 15) is 0 Å². The van der Waals surface area contributed by atoms with Gasteiger partial charge in [0, 0.05) is 29.1 Å². The first-order chi connectivity index (χ1) is 8.19. The standard InChI is InChI=1S/C13H16BrNO2/c14-9-2-3-10-11(15)7-13(17-12(10)6-9)4-1-5-16-8-13/h2-3,6,11H,1,4-5,7-8,15H2. The summed E-state index contributed by atoms with van der Waals surface area (Å²) in [4.78, 5) is 0. The Hall–Kier alpha value is -0.580. The Labute approximate surface area is 109 Å². The fourth-order valence-corrected chi connectivity index (χ4v) is 3.10. The van der Waals surface area contributed by atoms with E-state index in [0.29, 0.717) is 6.61 Å². The van der Waals surface area contributed by atoms with E-state index in [2.05, 4.69) is 15.9 Å². The van der Waals surface area contributed by atoms with E-state index in [0.717, 1.165) is 41.7 Å². The van der Waals surface area contributed by atoms with Crippen molar-refractivity contribution in [3.63, 3.8) is 0 Å². The quantitative estimate of drug-likeness (QED) is 0.801. The third kappa shape index (κ3) is 2.09. The summed E-state index contributed by atoms with van der Waals surface area (Å²) in [6.07, 6.45) is 2.93. The molecule has 1 saturated heterocycles. The number of hydrogen-bond acceptors (Lipinski definition) is 3. The van der Waals surface area contributed by atoms with Crippen molar-refractivity contribution in [2.75, 3.05) is 13.2 Å². The van der Waals surface area contributed by atoms with Crippen LogP contribution in [0, 0.1) is 0 Å². The lowest BCUT2D eigenvalue weighted by Gasteiger charge is -2.43. The minimum atomic E-state index is -0.203. The molecule has 1 aromatic carbocycles. The molecule has 3 rings (SSSR count). The molecule has 1 spiro atoms. The van der Waals surface area contributed by atoms with E-state index < -0.39 is 0 Å². The Morgan fingerprint density at radius 1 is 1.41 bits per heavy atom. The van der Waals surface area contributed by atoms with E-state index in [1.807, 2.05) is 18.2 Å². The third-order valence-corrected chi connectivity index (χ3v) is 4.07. The van der Waals surface area contributed by atoms with Crippen LogP contribution in [0.2, 0.25) is 0 Å². The molecule has 4 heteroatoms. The first-order valence-corrected chi connectivity index (χ1v) is 6.80. The van der Waals surface area contributed by atoms with Crippen molar-refractivity contribution < 1.29 is 9.47 Å². The topological polar surface area (TPSA) is 44.5 Å². The SMILES string of the molecule is NC1CC2(CCCOC2)Oc2cc(Br)ccc21. The Morgan fingerprint density at radius 2 is 2.29 bits per heavy atom. The van der Waals surface area contributed by atoms with E-state index >= 15 is 0 Å². The lowest BCUT2D eigenvalue weighted by atomic mass is 9.84. The molecule has 2 atom stereocenters. The van der Waals surface area contributed by atoms with Crippen molar-refractivity contribution in [3.05, 3.63) is 28.2 Å². The van der Waals surface area contributed by atoms with Gasteiger partial charge in [-0.15, -0.1) is 0 Å². The largest absolute Gasteiger partial charge is 0.484 e. The third-order valence-electron chi connectivity index (χ3n) is 3.58. The molecule has 0 amide bonds. The second-order valence-electron chi connectivity index (χ2n) is 4.93. The van der Waals surface area contributed by atoms with Gasteiger partial charge in [0.2, 0.25) is 0 Å². The molecule has 0 aromatic heterocycles. The van der Waals surface area contributed by atoms with Gasteiger partial charge >= 0.3 is 0 Å². The highest BCUT2D eigenvalue weighted by molar-refractivity contribution is 9.10. The normalized spacial score (nSPS) is 32.0. The molecule has 2 unspecified atom stereocenters. The predicted molar refractivity (Wildman–Crippen MR) is 69.1 cm³/mol. The lowest BCUT2D eigenvalue weighted by Crippen LogP contribution is -2.49. The van der Waals surface area contributed by atoms with Crippen LogP contribution in [0.4, 0.5) is 0 Å². The predicted octanol–water partition coefficient (Wildman–Crippen LogP) is 2.78. The molecule has 0 aliphatic carbocycles. The highest BCUT2D eigenvalue weighted by atomic mass is 79.9. The summed E-state index contributed by atoms with van der Waals surface area (Å²) in [5.41, 5.74) is 7.15. The van der Waals surface area contributed by atoms with Gasteiger partial charge in [-0.25, -0.2) is 0 Å². The molecule has 92 valence electrons. The average Bonchev–Trinajstić information content (AvgIpc) is 2.29. The van der Waals surface area contributed by atoms with E-state index in [-0.39, 0.29) is 11.6 Å². The summed E-state index contributed by atoms with van der Waals surface area (Å²) >= 11 is 3.47. The molecule has 2 aliphatic heterocycles. The summed E-state index contributed by atoms with van der Waals surface area (Å²) in [5.74, 6) is 0.906. The van der Waals surface area contributed by atoms with Crippen molar-refractivity contribution in [3.8, 4) is 5.75 Å². The second kappa shape index (κ2) is 4.26. The van der Waals surface area contributed by atoms with Gasteiger partial charge in [0.15, 0.2) is 0 Å². The number of halogens is 1. The Bertz CT molecular complexity index is 429. The molecule has 0 bridgehead atoms. The fraction of sp³-hybridized carbons (Fsp3) is 0.538. The molecule has 0 radical (unpaired) electrons. The van der Waals surface area contributed by atoms with Crippen LogP contribution in [0.15, 0.2) is 22.7 Å². The van der Waals surface area contributed by atoms with Crippen molar-refractivity contribution in [1.82, 2.24) is 0 Å². The van der Waals surface area contributed by atoms with Gasteiger partial charge in [-0.05, 0) is 25.0 Å². The van der Waals surface area contributed by atoms with E-state index in [4.69, 9.17) is 15.2 Å². The molecule has 2 heterocycles. The van der Waals surface area contributed by atoms with Crippen molar-refractivity contribution in [2.45, 2.75) is 30.9 Å². The molecule has 3 nitrogen and oxygen atoms in total. The molecule has 2 N–H and O–H groups in total. The van der Waals surface area contributed by atoms with Crippen LogP contribution in [0.5, 0.6) is 5.75 Å². The van der Waals surface area contributed by atoms with E-state index in [1.54, 1.807) is 0 Å². The number of benzene rings is 1. The Balaban J connectivity index is 1.95. The van der Waals surface area contributed by atoms with Crippen LogP contribution in [-0.2, 0) is 4.74 Å². The molecule has 2 aliphatic rings. The molecular weight excluding hydrogens is 282 g/mol. The zero-order valence-corrected chi connectivity index (χ0v) is 11.2. The summed E-state index contributed by atoms with van der Waals surface area (Å²) in [6, 6.07) is 6.11. The van der Waals surface area contributed by atoms with Crippen LogP contribution < -0.4 is 10.5 Å². The second-order valence-corrected chi connectivity index (χ2v) is 5.85. The van der Waals surface area contributed by atoms with Gasteiger partial charge < -0.3 is 15.2 Å². The van der Waals surface area contributed by atoms with Crippen LogP contribution >= 0.6 is 15.9 Å². The summed E-state index contributed by atoms with van der Waals surface area (Å²) in [6.45, 7) is 1.50. The Kier molecular flexibility index (Phi) is 2.89. The molecule has 17 heavy (non-hydrogen) atoms. The molecule has 1 aromatic rings. The maximum absolute atomic E-state index is 6.25. The minimum absolute atomic E-state index is 0.0496. The fourth-order valence-electron chi connectivity index (χ4n) is 2.76. The number of hydrogen-bond donors (Lipinski definition) is 1. The summed E-state index contributed by atoms with van der Waals surface area (Å²) in [5, 5.41) is 0. The number of rotatable bonds is 0. The van der Waals surface area contributed by atoms with Gasteiger partial charge in [-0.3, -0.25) is 0 Å². The molecular formula is C13H16BrNO2. The van der Waals surface area contributed by atoms with Gasteiger partial charge in [0.1, 0.15) is 11.4 Å². The minimum Gasteiger partial charge on any atom is -0.484 e. The van der Waals surface area contributed by atoms with Crippen LogP contribution in [0.25, 0.3) is 0 Å². The van der Waals surface area contributed by atoms with Crippen molar-refractivity contribution in [1.29, 1.82) is 0 Å². The maximum atomic E-state index is 6.25. The smallest absolute Gasteiger partial charge is 0.134 e. The van der Waals surface area contributed by atoms with Crippen molar-refractivity contribution in [2.24, 2.45) is 5.73 Å². The zero-order chi connectivity index (χ0) is 11.9. The molecule has 1 fully saturated rings. The van der Waals surface area contributed by atoms with Crippen LogP contribution in [-0.4, -0.2) is 18.8 Å². The van der Waals surface area contributed by atoms with Crippen molar-refractivity contribution >= 4 is 15.9 Å². The number of nitrogens with two attached hydrogens (primary N) is 1. The van der Waals surface area contributed by atoms with Gasteiger partial charge in [0.05, 0.1) is 6.61 Å². The van der Waals surface area contributed by atoms with Gasteiger partial charge in [0.25, 0.3) is 0 Å². The molecule has 0 saturated carbocycles. The Morgan fingerprint density at radius 3 is 3.06 bits per heavy atom. The first-order valence-electron chi connectivity index (χ1n) is 6.00. The van der Waals surface area contributed by atoms with E-state index in [1.165, 1.54) is 0 Å². The maximum Gasteiger partial charge on any atom is 0.134 e.